The maximum Gasteiger partial charge on any atom is 0.315 e. The Balaban J connectivity index is 1.19. The summed E-state index contributed by atoms with van der Waals surface area (Å²) < 4.78 is 23.7. The Hall–Kier alpha value is -1.23. The number of ether oxygens (including phenoxy) is 4. The molecule has 7 rings (SSSR count). The number of carbonyl (C=O) groups excluding carboxylic acids is 1. The van der Waals surface area contributed by atoms with Crippen LogP contribution in [0, 0.1) is 50.7 Å². The van der Waals surface area contributed by atoms with Crippen molar-refractivity contribution in [3.63, 3.8) is 0 Å². The first-order chi connectivity index (χ1) is 25.1. The molecule has 4 saturated carbocycles. The van der Waals surface area contributed by atoms with Gasteiger partial charge in [-0.2, -0.15) is 0 Å². The molecule has 13 nitrogen and oxygen atoms in total. The van der Waals surface area contributed by atoms with Crippen molar-refractivity contribution < 1.29 is 64.6 Å². The van der Waals surface area contributed by atoms with Crippen molar-refractivity contribution >= 4 is 5.97 Å². The van der Waals surface area contributed by atoms with E-state index in [2.05, 4.69) is 40.7 Å². The highest BCUT2D eigenvalue weighted by Crippen LogP contribution is 2.76. The van der Waals surface area contributed by atoms with Gasteiger partial charge in [-0.25, -0.2) is 0 Å². The van der Waals surface area contributed by atoms with Crippen molar-refractivity contribution in [1.82, 2.24) is 0 Å². The summed E-state index contributed by atoms with van der Waals surface area (Å²) in [6, 6.07) is 0. The molecule has 19 atom stereocenters. The maximum atomic E-state index is 14.6. The van der Waals surface area contributed by atoms with Crippen LogP contribution in [0.4, 0.5) is 0 Å². The zero-order chi connectivity index (χ0) is 39.6. The van der Waals surface area contributed by atoms with Gasteiger partial charge < -0.3 is 59.8 Å². The smallest absolute Gasteiger partial charge is 0.315 e. The molecule has 6 fully saturated rings. The van der Waals surface area contributed by atoms with E-state index in [1.807, 2.05) is 13.8 Å². The highest BCUT2D eigenvalue weighted by Gasteiger charge is 2.72. The number of aliphatic hydroxyl groups excluding tert-OH is 7. The summed E-state index contributed by atoms with van der Waals surface area (Å²) in [5.41, 5.74) is -2.15. The number of hydrogen-bond acceptors (Lipinski definition) is 13. The van der Waals surface area contributed by atoms with Crippen molar-refractivity contribution in [2.24, 2.45) is 50.7 Å². The van der Waals surface area contributed by atoms with Crippen LogP contribution >= 0.6 is 0 Å². The van der Waals surface area contributed by atoms with Gasteiger partial charge in [0.25, 0.3) is 0 Å². The van der Waals surface area contributed by atoms with Gasteiger partial charge in [-0.1, -0.05) is 53.2 Å². The number of fused-ring (bicyclic) bond motifs is 7. The predicted molar refractivity (Wildman–Crippen MR) is 193 cm³/mol. The number of allylic oxidation sites excluding steroid dienone is 1. The normalized spacial score (nSPS) is 55.6. The van der Waals surface area contributed by atoms with Gasteiger partial charge in [-0.15, -0.1) is 0 Å². The zero-order valence-electron chi connectivity index (χ0n) is 33.1. The fourth-order valence-corrected chi connectivity index (χ4v) is 13.5. The first-order valence-corrected chi connectivity index (χ1v) is 20.4. The van der Waals surface area contributed by atoms with Crippen LogP contribution in [0.2, 0.25) is 0 Å². The second-order valence-corrected chi connectivity index (χ2v) is 19.9. The summed E-state index contributed by atoms with van der Waals surface area (Å²) >= 11 is 0. The van der Waals surface area contributed by atoms with E-state index >= 15 is 0 Å². The first-order valence-electron chi connectivity index (χ1n) is 20.4. The zero-order valence-corrected chi connectivity index (χ0v) is 33.1. The van der Waals surface area contributed by atoms with Crippen LogP contribution in [0.1, 0.15) is 106 Å². The van der Waals surface area contributed by atoms with Gasteiger partial charge >= 0.3 is 5.97 Å². The first kappa shape index (κ1) is 40.9. The van der Waals surface area contributed by atoms with E-state index in [0.717, 1.165) is 37.7 Å². The Morgan fingerprint density at radius 2 is 1.50 bits per heavy atom. The van der Waals surface area contributed by atoms with Crippen LogP contribution in [-0.4, -0.2) is 127 Å². The van der Waals surface area contributed by atoms with Gasteiger partial charge in [0.05, 0.1) is 30.3 Å². The number of rotatable bonds is 5. The SMILES string of the molecule is C[C@@H]1CC[C@]2(C(=O)O[C@@H]3O[C@H](CO)[C@@H](O)[C@H](O)[C@H]3O)CC[C@]3(C)C(=CCC4[C@@]5(C)CC[C@H](O[C@@H]6OC[C@H](O)[C@H](O)[C@H]6O)C(C)(C)[C@@H]5CC[C@]43C)[C@@H]2[C@]1(C)O. The van der Waals surface area contributed by atoms with Crippen LogP contribution in [0.3, 0.4) is 0 Å². The van der Waals surface area contributed by atoms with Gasteiger partial charge in [0, 0.05) is 5.92 Å². The second kappa shape index (κ2) is 13.7. The van der Waals surface area contributed by atoms with Crippen molar-refractivity contribution in [2.45, 2.75) is 173 Å². The molecule has 8 N–H and O–H groups in total. The lowest BCUT2D eigenvalue weighted by molar-refractivity contribution is -0.308. The topological polar surface area (TPSA) is 216 Å². The average Bonchev–Trinajstić information content (AvgIpc) is 3.11. The second-order valence-electron chi connectivity index (χ2n) is 19.9. The van der Waals surface area contributed by atoms with E-state index < -0.39 is 84.8 Å². The minimum Gasteiger partial charge on any atom is -0.432 e. The van der Waals surface area contributed by atoms with Crippen molar-refractivity contribution in [1.29, 1.82) is 0 Å². The number of esters is 1. The third-order valence-corrected chi connectivity index (χ3v) is 17.2. The van der Waals surface area contributed by atoms with Crippen molar-refractivity contribution in [3.05, 3.63) is 11.6 Å². The minimum absolute atomic E-state index is 0.0674. The van der Waals surface area contributed by atoms with Gasteiger partial charge in [-0.05, 0) is 104 Å². The molecule has 5 aliphatic carbocycles. The molecule has 2 saturated heterocycles. The third-order valence-electron chi connectivity index (χ3n) is 17.2. The van der Waals surface area contributed by atoms with Crippen LogP contribution in [0.15, 0.2) is 11.6 Å². The molecular weight excluding hydrogens is 700 g/mol. The fourth-order valence-electron chi connectivity index (χ4n) is 13.5. The molecule has 7 aliphatic rings. The van der Waals surface area contributed by atoms with E-state index in [9.17, 15) is 45.6 Å². The molecule has 0 spiro atoms. The third kappa shape index (κ3) is 5.68. The molecule has 0 aromatic heterocycles. The van der Waals surface area contributed by atoms with Crippen molar-refractivity contribution in [3.8, 4) is 0 Å². The Labute approximate surface area is 319 Å². The Kier molecular flexibility index (Phi) is 10.4. The highest BCUT2D eigenvalue weighted by molar-refractivity contribution is 5.79. The number of carbonyl (C=O) groups is 1. The molecule has 0 bridgehead atoms. The van der Waals surface area contributed by atoms with E-state index in [1.54, 1.807) is 0 Å². The summed E-state index contributed by atoms with van der Waals surface area (Å²) in [5, 5.41) is 84.8. The minimum atomic E-state index is -1.72. The van der Waals surface area contributed by atoms with E-state index in [0.29, 0.717) is 31.6 Å². The van der Waals surface area contributed by atoms with Crippen molar-refractivity contribution in [2.75, 3.05) is 13.2 Å². The highest BCUT2D eigenvalue weighted by atomic mass is 16.7. The predicted octanol–water partition coefficient (Wildman–Crippen LogP) is 1.93. The maximum absolute atomic E-state index is 14.6. The Bertz CT molecular complexity index is 1470. The van der Waals surface area contributed by atoms with Crippen LogP contribution in [0.5, 0.6) is 0 Å². The Morgan fingerprint density at radius 3 is 2.19 bits per heavy atom. The van der Waals surface area contributed by atoms with Crippen LogP contribution < -0.4 is 0 Å². The molecular formula is C41H66O13. The van der Waals surface area contributed by atoms with Gasteiger partial charge in [0.1, 0.15) is 42.7 Å². The lowest BCUT2D eigenvalue weighted by Gasteiger charge is -2.72. The summed E-state index contributed by atoms with van der Waals surface area (Å²) in [7, 11) is 0. The number of hydrogen-bond donors (Lipinski definition) is 8. The number of aliphatic hydroxyl groups is 8. The van der Waals surface area contributed by atoms with E-state index in [4.69, 9.17) is 18.9 Å². The molecule has 2 heterocycles. The molecule has 13 heteroatoms. The summed E-state index contributed by atoms with van der Waals surface area (Å²) in [6.45, 7) is 14.8. The van der Waals surface area contributed by atoms with Gasteiger partial charge in [0.15, 0.2) is 6.29 Å². The molecule has 0 aromatic rings. The Morgan fingerprint density at radius 1 is 0.815 bits per heavy atom. The molecule has 2 aliphatic heterocycles. The monoisotopic (exact) mass is 766 g/mol. The largest absolute Gasteiger partial charge is 0.432 e. The molecule has 0 aromatic carbocycles. The lowest BCUT2D eigenvalue weighted by atomic mass is 9.33. The van der Waals surface area contributed by atoms with Gasteiger partial charge in [-0.3, -0.25) is 4.79 Å². The lowest BCUT2D eigenvalue weighted by Crippen LogP contribution is -2.68. The standard InChI is InChI=1S/C41H66O13/c1-20-10-15-41(35(49)54-34-31(48)29(46)28(45)23(18-42)52-34)17-16-38(5)21(32(41)40(20,7)50)8-9-25-37(4)13-12-26(36(2,3)24(37)11-14-39(25,38)6)53-33-30(47)27(44)22(43)19-51-33/h8,20,22-34,42-48,50H,9-19H2,1-7H3/t20-,22+,23-,24+,25?,26+,27+,28-,29+,30-,31-,32-,33+,34+,37+,38-,39-,40-,41+/m1/s1. The molecule has 308 valence electrons. The molecule has 54 heavy (non-hydrogen) atoms. The quantitative estimate of drug-likeness (QED) is 0.114. The van der Waals surface area contributed by atoms with Gasteiger partial charge in [0.2, 0.25) is 6.29 Å². The molecule has 1 unspecified atom stereocenters. The fraction of sp³-hybridized carbons (Fsp3) is 0.927. The molecule has 0 amide bonds. The summed E-state index contributed by atoms with van der Waals surface area (Å²) in [5.74, 6) is -0.699. The summed E-state index contributed by atoms with van der Waals surface area (Å²) in [6.07, 6.45) is -4.04. The van der Waals surface area contributed by atoms with E-state index in [1.165, 1.54) is 0 Å². The summed E-state index contributed by atoms with van der Waals surface area (Å²) in [4.78, 5) is 14.6. The van der Waals surface area contributed by atoms with Crippen LogP contribution in [0.25, 0.3) is 0 Å². The molecule has 0 radical (unpaired) electrons. The van der Waals surface area contributed by atoms with Crippen LogP contribution in [-0.2, 0) is 23.7 Å². The average molecular weight is 767 g/mol. The van der Waals surface area contributed by atoms with E-state index in [-0.39, 0.29) is 46.2 Å².